The summed E-state index contributed by atoms with van der Waals surface area (Å²) in [5, 5.41) is 21.0. The molecule has 0 unspecified atom stereocenters. The number of para-hydroxylation sites is 9. The van der Waals surface area contributed by atoms with Crippen molar-refractivity contribution in [3.8, 4) is 96.5 Å². The summed E-state index contributed by atoms with van der Waals surface area (Å²) in [4.78, 5) is 45.2. The molecule has 11 aromatic heterocycles. The summed E-state index contributed by atoms with van der Waals surface area (Å²) in [7, 11) is 0. The lowest BCUT2D eigenvalue weighted by molar-refractivity contribution is 0.666. The summed E-state index contributed by atoms with van der Waals surface area (Å²) >= 11 is 0. The predicted octanol–water partition coefficient (Wildman–Crippen LogP) is 31.5. The molecule has 0 saturated carbocycles. The summed E-state index contributed by atoms with van der Waals surface area (Å²) in [6.45, 7) is 4.69. The van der Waals surface area contributed by atoms with Gasteiger partial charge in [0.1, 0.15) is 5.82 Å². The molecule has 11 heterocycles. The number of benzene rings is 18. The highest BCUT2D eigenvalue weighted by molar-refractivity contribution is 6.39. The second kappa shape index (κ2) is 32.6. The van der Waals surface area contributed by atoms with E-state index in [0.717, 1.165) is 166 Å². The summed E-state index contributed by atoms with van der Waals surface area (Å²) < 4.78 is 11.9. The Morgan fingerprint density at radius 3 is 1.13 bits per heavy atom. The van der Waals surface area contributed by atoms with Gasteiger partial charge in [-0.15, -0.1) is 0 Å². The molecule has 1 aliphatic rings. The van der Waals surface area contributed by atoms with Gasteiger partial charge in [0.2, 0.25) is 5.95 Å². The fraction of sp³-hybridized carbons (Fsp3) is 0.0234. The summed E-state index contributed by atoms with van der Waals surface area (Å²) in [5.41, 5.74) is 29.3. The number of fused-ring (bicyclic) bond motifs is 32. The Kier molecular flexibility index (Phi) is 18.7. The molecule has 14 heteroatoms. The molecule has 142 heavy (non-hydrogen) atoms. The molecular formula is C128H82N14. The van der Waals surface area contributed by atoms with Crippen LogP contribution < -0.4 is 0 Å². The Bertz CT molecular complexity index is 10200. The monoisotopic (exact) mass is 1810 g/mol. The lowest BCUT2D eigenvalue weighted by Gasteiger charge is -2.23. The maximum Gasteiger partial charge on any atom is 0.235 e. The van der Waals surface area contributed by atoms with E-state index in [1.165, 1.54) is 92.5 Å². The molecule has 18 aromatic carbocycles. The summed E-state index contributed by atoms with van der Waals surface area (Å²) in [6, 6.07) is 149. The van der Waals surface area contributed by atoms with Crippen molar-refractivity contribution in [2.45, 2.75) is 19.3 Å². The maximum atomic E-state index is 5.38. The van der Waals surface area contributed by atoms with Gasteiger partial charge >= 0.3 is 0 Å². The Balaban J connectivity index is 0.000000105. The van der Waals surface area contributed by atoms with E-state index in [4.69, 9.17) is 34.9 Å². The highest BCUT2D eigenvalue weighted by Gasteiger charge is 2.41. The van der Waals surface area contributed by atoms with Crippen LogP contribution in [0.3, 0.4) is 0 Å². The van der Waals surface area contributed by atoms with Gasteiger partial charge in [0.25, 0.3) is 0 Å². The molecule has 30 rings (SSSR count). The zero-order valence-electron chi connectivity index (χ0n) is 77.1. The fourth-order valence-electron chi connectivity index (χ4n) is 22.9. The van der Waals surface area contributed by atoms with Crippen LogP contribution in [0.1, 0.15) is 25.0 Å². The van der Waals surface area contributed by atoms with Gasteiger partial charge in [0.05, 0.1) is 83.3 Å². The van der Waals surface area contributed by atoms with Crippen LogP contribution in [0.25, 0.3) is 260 Å². The van der Waals surface area contributed by atoms with Gasteiger partial charge in [-0.3, -0.25) is 24.1 Å². The van der Waals surface area contributed by atoms with Gasteiger partial charge in [-0.05, 0) is 142 Å². The quantitative estimate of drug-likeness (QED) is 0.131. The summed E-state index contributed by atoms with van der Waals surface area (Å²) in [6.07, 6.45) is 11.8. The number of nitrogens with zero attached hydrogens (tertiary/aromatic N) is 14. The number of pyridine rings is 3. The first kappa shape index (κ1) is 81.3. The van der Waals surface area contributed by atoms with Crippen LogP contribution in [0, 0.1) is 0 Å². The van der Waals surface area contributed by atoms with Crippen molar-refractivity contribution in [3.63, 3.8) is 0 Å². The SMILES string of the molecule is CC1(C)c2ccccc2-c2c1c1cnccc1c1c3ccccc3n(-c3nc(-c4ccccc4)nc4ccccc34)c21.c1ccc(-c2cc(-c3cccc(-n4c5ccccc5c5c6ccncc6c6c(c7ccccc7n6-c6ccccc6)c54)c3)nc(-c3ccccc3)n2)cc1.c1ccc(-c2nc(-n3c4ccccc4c4c5ccncc5c5c(c6ccccc6n5-c5ccccc5)c43)nc3ccccc23)cc1. The molecule has 0 saturated heterocycles. The van der Waals surface area contributed by atoms with Gasteiger partial charge in [-0.2, -0.15) is 0 Å². The maximum absolute atomic E-state index is 5.38. The molecule has 14 nitrogen and oxygen atoms in total. The fourth-order valence-corrected chi connectivity index (χ4v) is 22.9. The van der Waals surface area contributed by atoms with E-state index in [1.54, 1.807) is 0 Å². The van der Waals surface area contributed by atoms with Crippen LogP contribution in [0.15, 0.2) is 462 Å². The second-order valence-electron chi connectivity index (χ2n) is 37.0. The van der Waals surface area contributed by atoms with Crippen molar-refractivity contribution < 1.29 is 0 Å². The van der Waals surface area contributed by atoms with Gasteiger partial charge in [-0.25, -0.2) is 29.9 Å². The normalized spacial score (nSPS) is 12.4. The number of aromatic nitrogens is 14. The Morgan fingerprint density at radius 2 is 0.599 bits per heavy atom. The smallest absolute Gasteiger partial charge is 0.235 e. The number of hydrogen-bond donors (Lipinski definition) is 0. The molecule has 0 atom stereocenters. The first-order chi connectivity index (χ1) is 70.3. The molecule has 1 aliphatic carbocycles. The highest BCUT2D eigenvalue weighted by Crippen LogP contribution is 2.58. The van der Waals surface area contributed by atoms with Gasteiger partial charge in [0, 0.05) is 174 Å². The molecular weight excluding hydrogens is 1730 g/mol. The van der Waals surface area contributed by atoms with E-state index in [0.29, 0.717) is 11.8 Å². The second-order valence-corrected chi connectivity index (χ2v) is 37.0. The lowest BCUT2D eigenvalue weighted by atomic mass is 9.80. The third-order valence-corrected chi connectivity index (χ3v) is 28.8. The first-order valence-corrected chi connectivity index (χ1v) is 48.1. The number of rotatable bonds is 10. The lowest BCUT2D eigenvalue weighted by Crippen LogP contribution is -2.15. The van der Waals surface area contributed by atoms with Gasteiger partial charge < -0.3 is 13.7 Å². The highest BCUT2D eigenvalue weighted by atomic mass is 15.2. The molecule has 0 radical (unpaired) electrons. The van der Waals surface area contributed by atoms with Crippen molar-refractivity contribution in [1.29, 1.82) is 0 Å². The molecule has 29 aromatic rings. The third kappa shape index (κ3) is 12.6. The van der Waals surface area contributed by atoms with E-state index in [1.807, 2.05) is 85.6 Å². The van der Waals surface area contributed by atoms with Gasteiger partial charge in [-0.1, -0.05) is 329 Å². The average molecular weight is 1820 g/mol. The van der Waals surface area contributed by atoms with Crippen LogP contribution in [-0.4, -0.2) is 67.7 Å². The predicted molar refractivity (Wildman–Crippen MR) is 583 cm³/mol. The van der Waals surface area contributed by atoms with E-state index < -0.39 is 0 Å². The van der Waals surface area contributed by atoms with Crippen LogP contribution in [0.4, 0.5) is 0 Å². The topological polar surface area (TPSA) is 141 Å². The summed E-state index contributed by atoms with van der Waals surface area (Å²) in [5.74, 6) is 2.96. The molecule has 0 aliphatic heterocycles. The zero-order valence-corrected chi connectivity index (χ0v) is 77.1. The van der Waals surface area contributed by atoms with Crippen LogP contribution >= 0.6 is 0 Å². The van der Waals surface area contributed by atoms with E-state index >= 15 is 0 Å². The van der Waals surface area contributed by atoms with E-state index in [2.05, 4.69) is 423 Å². The standard InChI is InChI=1S/C49H31N5.C41H25N5.C38H26N4/c1-4-15-32(16-5-1)41-30-42(52-49(51-41)33-17-6-2-7-18-33)34-19-14-22-36(29-34)54-43-25-12-10-23-38(43)45-37-27-28-50-31-40(37)47-46(48(45)54)39-24-11-13-26-44(39)53(47)35-20-8-3-9-21-35;1-3-13-26(14-4-1)38-29-17-7-10-20-33(29)43-41(44-38)46-35-22-12-8-18-30(35)36-28-23-24-42-25-32(28)39-37(40(36)46)31-19-9-11-21-34(31)45(39)27-15-5-2-6-16-27;1-38(2)29-17-9-6-14-25(29)33-34(38)28-22-39-21-20-24(28)32-27-16-8-11-19-31(27)42(35(32)33)37-26-15-7-10-18-30(26)40-36(41-37)23-12-4-3-5-13-23/h1-31H;1-25H;3-22H,1-2H3. The molecule has 664 valence electrons. The molecule has 0 amide bonds. The largest absolute Gasteiger partial charge is 0.308 e. The zero-order chi connectivity index (χ0) is 93.8. The van der Waals surface area contributed by atoms with E-state index in [-0.39, 0.29) is 5.41 Å². The van der Waals surface area contributed by atoms with Crippen LogP contribution in [0.5, 0.6) is 0 Å². The average Bonchev–Trinajstić information content (AvgIpc) is 1.73. The minimum absolute atomic E-state index is 0.189. The molecule has 0 bridgehead atoms. The van der Waals surface area contributed by atoms with Crippen molar-refractivity contribution >= 4 is 163 Å². The van der Waals surface area contributed by atoms with Crippen LogP contribution in [-0.2, 0) is 5.41 Å². The minimum Gasteiger partial charge on any atom is -0.308 e. The third-order valence-electron chi connectivity index (χ3n) is 28.8. The molecule has 0 fully saturated rings. The molecule has 0 spiro atoms. The van der Waals surface area contributed by atoms with E-state index in [9.17, 15) is 0 Å². The van der Waals surface area contributed by atoms with Crippen molar-refractivity contribution in [2.75, 3.05) is 0 Å². The van der Waals surface area contributed by atoms with Gasteiger partial charge in [0.15, 0.2) is 11.6 Å². The minimum atomic E-state index is -0.189. The van der Waals surface area contributed by atoms with Crippen molar-refractivity contribution in [3.05, 3.63) is 473 Å². The number of hydrogen-bond acceptors (Lipinski definition) is 9. The Labute approximate surface area is 814 Å². The Hall–Kier alpha value is -19.1. The Morgan fingerprint density at radius 1 is 0.225 bits per heavy atom. The first-order valence-electron chi connectivity index (χ1n) is 48.1. The molecule has 0 N–H and O–H groups in total. The van der Waals surface area contributed by atoms with Crippen molar-refractivity contribution in [2.24, 2.45) is 0 Å². The van der Waals surface area contributed by atoms with Crippen molar-refractivity contribution in [1.82, 2.24) is 67.7 Å². The van der Waals surface area contributed by atoms with Crippen LogP contribution in [0.2, 0.25) is 0 Å².